The number of amides is 2. The molecule has 0 saturated carbocycles. The Kier molecular flexibility index (Phi) is 9.21. The second-order valence-corrected chi connectivity index (χ2v) is 8.43. The minimum absolute atomic E-state index is 0.0137. The Hall–Kier alpha value is -3.20. The summed E-state index contributed by atoms with van der Waals surface area (Å²) in [6.45, 7) is 3.82. The first kappa shape index (κ1) is 25.4. The quantitative estimate of drug-likeness (QED) is 0.498. The normalized spacial score (nSPS) is 15.1. The Morgan fingerprint density at radius 1 is 1.12 bits per heavy atom. The molecule has 34 heavy (non-hydrogen) atoms. The van der Waals surface area contributed by atoms with Crippen LogP contribution >= 0.6 is 0 Å². The molecule has 0 spiro atoms. The number of hydrogen-bond acceptors (Lipinski definition) is 7. The number of aryl methyl sites for hydroxylation is 1. The summed E-state index contributed by atoms with van der Waals surface area (Å²) in [5, 5.41) is 0. The van der Waals surface area contributed by atoms with Gasteiger partial charge in [-0.05, 0) is 43.9 Å². The van der Waals surface area contributed by atoms with E-state index >= 15 is 0 Å². The Morgan fingerprint density at radius 2 is 1.91 bits per heavy atom. The fourth-order valence-electron chi connectivity index (χ4n) is 3.85. The second-order valence-electron chi connectivity index (χ2n) is 8.43. The summed E-state index contributed by atoms with van der Waals surface area (Å²) in [6.07, 6.45) is 5.83. The standard InChI is InChI=1S/C25H34N4O5/c1-18-15-27-21(16-26-18)25(31)29(17-20-6-5-13-34-20)12-10-24(30)28(2)11-9-19-7-8-22(32-3)23(14-19)33-4/h7-8,14-16,20H,5-6,9-13,17H2,1-4H3. The van der Waals surface area contributed by atoms with Crippen LogP contribution in [0.5, 0.6) is 11.5 Å². The van der Waals surface area contributed by atoms with Gasteiger partial charge in [-0.3, -0.25) is 14.6 Å². The zero-order valence-corrected chi connectivity index (χ0v) is 20.5. The third-order valence-electron chi connectivity index (χ3n) is 5.94. The van der Waals surface area contributed by atoms with Crippen molar-refractivity contribution in [3.05, 3.63) is 47.5 Å². The van der Waals surface area contributed by atoms with E-state index in [1.54, 1.807) is 37.3 Å². The number of ether oxygens (including phenoxy) is 3. The highest BCUT2D eigenvalue weighted by Gasteiger charge is 2.25. The predicted molar refractivity (Wildman–Crippen MR) is 127 cm³/mol. The average molecular weight is 471 g/mol. The summed E-state index contributed by atoms with van der Waals surface area (Å²) in [5.74, 6) is 1.07. The van der Waals surface area contributed by atoms with E-state index in [2.05, 4.69) is 9.97 Å². The van der Waals surface area contributed by atoms with Crippen molar-refractivity contribution in [1.29, 1.82) is 0 Å². The third kappa shape index (κ3) is 6.90. The highest BCUT2D eigenvalue weighted by Crippen LogP contribution is 2.27. The van der Waals surface area contributed by atoms with Crippen LogP contribution in [-0.2, 0) is 16.0 Å². The molecule has 9 heteroatoms. The molecule has 1 aliphatic heterocycles. The van der Waals surface area contributed by atoms with Crippen LogP contribution in [0, 0.1) is 6.92 Å². The van der Waals surface area contributed by atoms with Crippen LogP contribution in [0.3, 0.4) is 0 Å². The molecule has 1 aromatic heterocycles. The SMILES string of the molecule is COc1ccc(CCN(C)C(=O)CCN(CC2CCCO2)C(=O)c2cnc(C)cn2)cc1OC. The van der Waals surface area contributed by atoms with Crippen LogP contribution in [0.2, 0.25) is 0 Å². The van der Waals surface area contributed by atoms with Crippen molar-refractivity contribution in [2.75, 3.05) is 47.5 Å². The second kappa shape index (κ2) is 12.3. The topological polar surface area (TPSA) is 94.1 Å². The maximum absolute atomic E-state index is 13.1. The van der Waals surface area contributed by atoms with Gasteiger partial charge in [-0.15, -0.1) is 0 Å². The Morgan fingerprint density at radius 3 is 2.56 bits per heavy atom. The van der Waals surface area contributed by atoms with Gasteiger partial charge in [-0.25, -0.2) is 4.98 Å². The molecule has 0 radical (unpaired) electrons. The molecular formula is C25H34N4O5. The summed E-state index contributed by atoms with van der Waals surface area (Å²) in [5.41, 5.74) is 2.07. The van der Waals surface area contributed by atoms with E-state index < -0.39 is 0 Å². The van der Waals surface area contributed by atoms with Crippen molar-refractivity contribution in [1.82, 2.24) is 19.8 Å². The zero-order valence-electron chi connectivity index (χ0n) is 20.5. The van der Waals surface area contributed by atoms with Crippen molar-refractivity contribution >= 4 is 11.8 Å². The maximum Gasteiger partial charge on any atom is 0.274 e. The van der Waals surface area contributed by atoms with Crippen LogP contribution in [-0.4, -0.2) is 85.2 Å². The number of hydrogen-bond donors (Lipinski definition) is 0. The van der Waals surface area contributed by atoms with Gasteiger partial charge in [0.05, 0.1) is 32.2 Å². The molecule has 1 aromatic carbocycles. The molecule has 1 atom stereocenters. The molecule has 0 N–H and O–H groups in total. The van der Waals surface area contributed by atoms with Crippen molar-refractivity contribution < 1.29 is 23.8 Å². The molecule has 1 aliphatic rings. The van der Waals surface area contributed by atoms with E-state index in [9.17, 15) is 9.59 Å². The summed E-state index contributed by atoms with van der Waals surface area (Å²) in [7, 11) is 4.98. The smallest absolute Gasteiger partial charge is 0.274 e. The van der Waals surface area contributed by atoms with E-state index in [1.807, 2.05) is 25.1 Å². The summed E-state index contributed by atoms with van der Waals surface area (Å²) in [4.78, 5) is 37.6. The van der Waals surface area contributed by atoms with Gasteiger partial charge in [0.25, 0.3) is 5.91 Å². The van der Waals surface area contributed by atoms with Gasteiger partial charge in [-0.2, -0.15) is 0 Å². The lowest BCUT2D eigenvalue weighted by Crippen LogP contribution is -2.40. The largest absolute Gasteiger partial charge is 0.493 e. The van der Waals surface area contributed by atoms with Crippen LogP contribution in [0.15, 0.2) is 30.6 Å². The van der Waals surface area contributed by atoms with Gasteiger partial charge >= 0.3 is 0 Å². The summed E-state index contributed by atoms with van der Waals surface area (Å²) in [6, 6.07) is 5.74. The fraction of sp³-hybridized carbons (Fsp3) is 0.520. The molecule has 0 bridgehead atoms. The number of nitrogens with zero attached hydrogens (tertiary/aromatic N) is 4. The number of carbonyl (C=O) groups is 2. The van der Waals surface area contributed by atoms with Crippen molar-refractivity contribution in [3.8, 4) is 11.5 Å². The number of aromatic nitrogens is 2. The Bertz CT molecular complexity index is 960. The number of carbonyl (C=O) groups excluding carboxylic acids is 2. The highest BCUT2D eigenvalue weighted by atomic mass is 16.5. The number of methoxy groups -OCH3 is 2. The first-order chi connectivity index (χ1) is 16.4. The van der Waals surface area contributed by atoms with Gasteiger partial charge < -0.3 is 24.0 Å². The van der Waals surface area contributed by atoms with Crippen molar-refractivity contribution in [2.45, 2.75) is 38.7 Å². The lowest BCUT2D eigenvalue weighted by atomic mass is 10.1. The molecule has 1 saturated heterocycles. The minimum Gasteiger partial charge on any atom is -0.493 e. The van der Waals surface area contributed by atoms with Crippen LogP contribution in [0.1, 0.15) is 41.0 Å². The van der Waals surface area contributed by atoms with Crippen LogP contribution in [0.4, 0.5) is 0 Å². The molecule has 1 fully saturated rings. The average Bonchev–Trinajstić information content (AvgIpc) is 3.37. The first-order valence-corrected chi connectivity index (χ1v) is 11.6. The molecule has 0 aliphatic carbocycles. The van der Waals surface area contributed by atoms with Gasteiger partial charge in [0, 0.05) is 45.9 Å². The van der Waals surface area contributed by atoms with Gasteiger partial charge in [-0.1, -0.05) is 6.07 Å². The van der Waals surface area contributed by atoms with Gasteiger partial charge in [0.2, 0.25) is 5.91 Å². The monoisotopic (exact) mass is 470 g/mol. The molecule has 2 heterocycles. The lowest BCUT2D eigenvalue weighted by molar-refractivity contribution is -0.130. The van der Waals surface area contributed by atoms with E-state index in [-0.39, 0.29) is 30.0 Å². The molecule has 184 valence electrons. The predicted octanol–water partition coefficient (Wildman–Crippen LogP) is 2.51. The van der Waals surface area contributed by atoms with Crippen molar-refractivity contribution in [3.63, 3.8) is 0 Å². The highest BCUT2D eigenvalue weighted by molar-refractivity contribution is 5.92. The minimum atomic E-state index is -0.233. The van der Waals surface area contributed by atoms with E-state index in [0.717, 1.165) is 24.1 Å². The number of likely N-dealkylation sites (N-methyl/N-ethyl adjacent to an activating group) is 1. The molecule has 9 nitrogen and oxygen atoms in total. The number of rotatable bonds is 11. The van der Waals surface area contributed by atoms with E-state index in [0.29, 0.717) is 44.2 Å². The molecular weight excluding hydrogens is 436 g/mol. The Labute approximate surface area is 201 Å². The van der Waals surface area contributed by atoms with Gasteiger partial charge in [0.15, 0.2) is 11.5 Å². The van der Waals surface area contributed by atoms with Crippen LogP contribution < -0.4 is 9.47 Å². The zero-order chi connectivity index (χ0) is 24.5. The van der Waals surface area contributed by atoms with Crippen molar-refractivity contribution in [2.24, 2.45) is 0 Å². The summed E-state index contributed by atoms with van der Waals surface area (Å²) < 4.78 is 16.3. The molecule has 2 amide bonds. The molecule has 2 aromatic rings. The van der Waals surface area contributed by atoms with E-state index in [4.69, 9.17) is 14.2 Å². The summed E-state index contributed by atoms with van der Waals surface area (Å²) >= 11 is 0. The molecule has 1 unspecified atom stereocenters. The molecule has 3 rings (SSSR count). The van der Waals surface area contributed by atoms with Crippen LogP contribution in [0.25, 0.3) is 0 Å². The third-order valence-corrected chi connectivity index (χ3v) is 5.94. The first-order valence-electron chi connectivity index (χ1n) is 11.6. The fourth-order valence-corrected chi connectivity index (χ4v) is 3.85. The lowest BCUT2D eigenvalue weighted by Gasteiger charge is -2.26. The van der Waals surface area contributed by atoms with Gasteiger partial charge in [0.1, 0.15) is 5.69 Å². The maximum atomic E-state index is 13.1. The number of benzene rings is 1. The van der Waals surface area contributed by atoms with E-state index in [1.165, 1.54) is 6.20 Å². The Balaban J connectivity index is 1.57.